The summed E-state index contributed by atoms with van der Waals surface area (Å²) in [6.07, 6.45) is 1.80. The number of hydrogen-bond donors (Lipinski definition) is 1. The first-order chi connectivity index (χ1) is 6.22. The maximum atomic E-state index is 5.02. The van der Waals surface area contributed by atoms with E-state index in [9.17, 15) is 0 Å². The van der Waals surface area contributed by atoms with Crippen molar-refractivity contribution in [2.45, 2.75) is 19.9 Å². The van der Waals surface area contributed by atoms with E-state index < -0.39 is 0 Å². The van der Waals surface area contributed by atoms with E-state index in [4.69, 9.17) is 4.74 Å². The molecule has 0 aliphatic carbocycles. The van der Waals surface area contributed by atoms with Gasteiger partial charge in [0.15, 0.2) is 0 Å². The lowest BCUT2D eigenvalue weighted by Gasteiger charge is -2.13. The van der Waals surface area contributed by atoms with Gasteiger partial charge >= 0.3 is 0 Å². The monoisotopic (exact) mass is 180 g/mol. The number of methoxy groups -OCH3 is 1. The predicted octanol–water partition coefficient (Wildman–Crippen LogP) is 1.84. The van der Waals surface area contributed by atoms with Crippen LogP contribution in [0.1, 0.15) is 12.5 Å². The summed E-state index contributed by atoms with van der Waals surface area (Å²) in [6.45, 7) is 4.80. The Kier molecular flexibility index (Phi) is 3.71. The van der Waals surface area contributed by atoms with Crippen molar-refractivity contribution in [2.75, 3.05) is 19.0 Å². The molecule has 1 atom stereocenters. The van der Waals surface area contributed by atoms with E-state index in [1.807, 2.05) is 19.1 Å². The quantitative estimate of drug-likeness (QED) is 0.767. The average Bonchev–Trinajstić information content (AvgIpc) is 2.04. The molecule has 0 aliphatic rings. The second kappa shape index (κ2) is 4.82. The number of aryl methyl sites for hydroxylation is 1. The maximum Gasteiger partial charge on any atom is 0.126 e. The van der Waals surface area contributed by atoms with Gasteiger partial charge in [0, 0.05) is 19.3 Å². The first kappa shape index (κ1) is 9.99. The van der Waals surface area contributed by atoms with Crippen molar-refractivity contribution < 1.29 is 4.74 Å². The number of anilines is 1. The first-order valence-corrected chi connectivity index (χ1v) is 4.40. The maximum absolute atomic E-state index is 5.02. The second-order valence-corrected chi connectivity index (χ2v) is 3.22. The largest absolute Gasteiger partial charge is 0.383 e. The van der Waals surface area contributed by atoms with Crippen LogP contribution in [0, 0.1) is 6.92 Å². The van der Waals surface area contributed by atoms with Crippen LogP contribution in [0.2, 0.25) is 0 Å². The van der Waals surface area contributed by atoms with Crippen molar-refractivity contribution in [2.24, 2.45) is 0 Å². The second-order valence-electron chi connectivity index (χ2n) is 3.22. The predicted molar refractivity (Wildman–Crippen MR) is 53.9 cm³/mol. The van der Waals surface area contributed by atoms with Crippen molar-refractivity contribution in [1.82, 2.24) is 4.98 Å². The Balaban J connectivity index is 2.53. The van der Waals surface area contributed by atoms with Crippen molar-refractivity contribution in [1.29, 1.82) is 0 Å². The van der Waals surface area contributed by atoms with Gasteiger partial charge in [0.05, 0.1) is 6.61 Å². The SMILES string of the molecule is COC[C@H](C)Nc1cc(C)ccn1. The fourth-order valence-electron chi connectivity index (χ4n) is 1.16. The Hall–Kier alpha value is -1.09. The van der Waals surface area contributed by atoms with Gasteiger partial charge < -0.3 is 10.1 Å². The van der Waals surface area contributed by atoms with Crippen molar-refractivity contribution in [3.63, 3.8) is 0 Å². The Morgan fingerprint density at radius 1 is 1.62 bits per heavy atom. The van der Waals surface area contributed by atoms with Gasteiger partial charge in [0.25, 0.3) is 0 Å². The minimum absolute atomic E-state index is 0.291. The van der Waals surface area contributed by atoms with Gasteiger partial charge in [0.2, 0.25) is 0 Å². The first-order valence-electron chi connectivity index (χ1n) is 4.40. The van der Waals surface area contributed by atoms with Gasteiger partial charge in [0.1, 0.15) is 5.82 Å². The zero-order chi connectivity index (χ0) is 9.68. The van der Waals surface area contributed by atoms with Gasteiger partial charge in [-0.05, 0) is 31.5 Å². The molecule has 3 nitrogen and oxygen atoms in total. The number of aromatic nitrogens is 1. The van der Waals surface area contributed by atoms with Gasteiger partial charge in [-0.25, -0.2) is 4.98 Å². The van der Waals surface area contributed by atoms with E-state index in [2.05, 4.69) is 17.2 Å². The lowest BCUT2D eigenvalue weighted by molar-refractivity contribution is 0.190. The summed E-state index contributed by atoms with van der Waals surface area (Å²) in [5, 5.41) is 3.25. The summed E-state index contributed by atoms with van der Waals surface area (Å²) in [5.74, 6) is 0.907. The highest BCUT2D eigenvalue weighted by Gasteiger charge is 2.01. The molecular formula is C10H16N2O. The fraction of sp³-hybridized carbons (Fsp3) is 0.500. The molecule has 0 bridgehead atoms. The van der Waals surface area contributed by atoms with Crippen molar-refractivity contribution in [3.05, 3.63) is 23.9 Å². The number of nitrogens with zero attached hydrogens (tertiary/aromatic N) is 1. The van der Waals surface area contributed by atoms with E-state index in [1.54, 1.807) is 13.3 Å². The molecule has 1 N–H and O–H groups in total. The molecular weight excluding hydrogens is 164 g/mol. The zero-order valence-corrected chi connectivity index (χ0v) is 8.37. The molecule has 72 valence electrons. The van der Waals surface area contributed by atoms with E-state index in [0.717, 1.165) is 5.82 Å². The molecule has 1 rings (SSSR count). The van der Waals surface area contributed by atoms with E-state index in [0.29, 0.717) is 12.6 Å². The highest BCUT2D eigenvalue weighted by molar-refractivity contribution is 5.37. The Labute approximate surface area is 79.1 Å². The third-order valence-corrected chi connectivity index (χ3v) is 1.73. The van der Waals surface area contributed by atoms with Crippen LogP contribution >= 0.6 is 0 Å². The molecule has 0 radical (unpaired) electrons. The van der Waals surface area contributed by atoms with Crippen LogP contribution in [-0.2, 0) is 4.74 Å². The van der Waals surface area contributed by atoms with Gasteiger partial charge in [-0.1, -0.05) is 0 Å². The summed E-state index contributed by atoms with van der Waals surface area (Å²) >= 11 is 0. The molecule has 1 aromatic rings. The van der Waals surface area contributed by atoms with E-state index >= 15 is 0 Å². The topological polar surface area (TPSA) is 34.1 Å². The van der Waals surface area contributed by atoms with Crippen LogP contribution in [0.5, 0.6) is 0 Å². The Morgan fingerprint density at radius 3 is 3.00 bits per heavy atom. The minimum atomic E-state index is 0.291. The molecule has 1 heterocycles. The molecule has 0 saturated carbocycles. The average molecular weight is 180 g/mol. The minimum Gasteiger partial charge on any atom is -0.383 e. The van der Waals surface area contributed by atoms with Crippen LogP contribution in [0.3, 0.4) is 0 Å². The lowest BCUT2D eigenvalue weighted by atomic mass is 10.3. The molecule has 0 fully saturated rings. The number of hydrogen-bond acceptors (Lipinski definition) is 3. The number of rotatable bonds is 4. The molecule has 0 saturated heterocycles. The fourth-order valence-corrected chi connectivity index (χ4v) is 1.16. The number of pyridine rings is 1. The molecule has 1 aromatic heterocycles. The molecule has 13 heavy (non-hydrogen) atoms. The van der Waals surface area contributed by atoms with Crippen LogP contribution in [-0.4, -0.2) is 24.7 Å². The lowest BCUT2D eigenvalue weighted by Crippen LogP contribution is -2.21. The molecule has 0 unspecified atom stereocenters. The van der Waals surface area contributed by atoms with E-state index in [1.165, 1.54) is 5.56 Å². The summed E-state index contributed by atoms with van der Waals surface area (Å²) < 4.78 is 5.02. The Morgan fingerprint density at radius 2 is 2.38 bits per heavy atom. The van der Waals surface area contributed by atoms with Crippen molar-refractivity contribution in [3.8, 4) is 0 Å². The van der Waals surface area contributed by atoms with Gasteiger partial charge in [-0.2, -0.15) is 0 Å². The molecule has 0 amide bonds. The summed E-state index contributed by atoms with van der Waals surface area (Å²) in [5.41, 5.74) is 1.21. The van der Waals surface area contributed by atoms with Gasteiger partial charge in [-0.3, -0.25) is 0 Å². The van der Waals surface area contributed by atoms with Crippen LogP contribution in [0.4, 0.5) is 5.82 Å². The van der Waals surface area contributed by atoms with E-state index in [-0.39, 0.29) is 0 Å². The van der Waals surface area contributed by atoms with Gasteiger partial charge in [-0.15, -0.1) is 0 Å². The van der Waals surface area contributed by atoms with Crippen LogP contribution in [0.25, 0.3) is 0 Å². The zero-order valence-electron chi connectivity index (χ0n) is 8.37. The number of ether oxygens (including phenoxy) is 1. The van der Waals surface area contributed by atoms with Crippen molar-refractivity contribution >= 4 is 5.82 Å². The molecule has 0 aromatic carbocycles. The van der Waals surface area contributed by atoms with Crippen LogP contribution < -0.4 is 5.32 Å². The third kappa shape index (κ3) is 3.42. The summed E-state index contributed by atoms with van der Waals surface area (Å²) in [4.78, 5) is 4.20. The Bertz CT molecular complexity index is 263. The summed E-state index contributed by atoms with van der Waals surface area (Å²) in [7, 11) is 1.70. The summed E-state index contributed by atoms with van der Waals surface area (Å²) in [6, 6.07) is 4.29. The molecule has 0 spiro atoms. The standard InChI is InChI=1S/C10H16N2O/c1-8-4-5-11-10(6-8)12-9(2)7-13-3/h4-6,9H,7H2,1-3H3,(H,11,12)/t9-/m0/s1. The normalized spacial score (nSPS) is 12.5. The molecule has 3 heteroatoms. The highest BCUT2D eigenvalue weighted by Crippen LogP contribution is 2.06. The number of nitrogens with one attached hydrogen (secondary N) is 1. The smallest absolute Gasteiger partial charge is 0.126 e. The molecule has 0 aliphatic heterocycles. The third-order valence-electron chi connectivity index (χ3n) is 1.73. The van der Waals surface area contributed by atoms with Crippen LogP contribution in [0.15, 0.2) is 18.3 Å². The highest BCUT2D eigenvalue weighted by atomic mass is 16.5.